The van der Waals surface area contributed by atoms with Gasteiger partial charge in [0.05, 0.1) is 12.9 Å². The standard InChI is InChI=1S/C23H28N4O2S/c1-5-6-14-27-22(18-10-12-19(29-4)13-11-18)25-26-23(27)30-15-20(28)24-21-16(2)8-7-9-17(21)3/h7-13H,5-6,14-15H2,1-4H3,(H,24,28). The van der Waals surface area contributed by atoms with Crippen LogP contribution in [-0.4, -0.2) is 33.5 Å². The molecular formula is C23H28N4O2S. The number of hydrogen-bond acceptors (Lipinski definition) is 5. The second-order valence-corrected chi connectivity index (χ2v) is 8.09. The van der Waals surface area contributed by atoms with Crippen LogP contribution >= 0.6 is 11.8 Å². The summed E-state index contributed by atoms with van der Waals surface area (Å²) in [5.74, 6) is 1.84. The Bertz CT molecular complexity index is 979. The highest BCUT2D eigenvalue weighted by Crippen LogP contribution is 2.27. The number of rotatable bonds is 9. The zero-order valence-corrected chi connectivity index (χ0v) is 18.8. The molecule has 0 aliphatic rings. The van der Waals surface area contributed by atoms with E-state index in [1.165, 1.54) is 11.8 Å². The second-order valence-electron chi connectivity index (χ2n) is 7.14. The van der Waals surface area contributed by atoms with Gasteiger partial charge in [0.2, 0.25) is 5.91 Å². The first-order valence-electron chi connectivity index (χ1n) is 10.1. The van der Waals surface area contributed by atoms with Crippen molar-refractivity contribution in [2.24, 2.45) is 0 Å². The maximum absolute atomic E-state index is 12.6. The number of aryl methyl sites for hydroxylation is 2. The molecule has 0 atom stereocenters. The number of nitrogens with one attached hydrogen (secondary N) is 1. The molecule has 158 valence electrons. The molecule has 1 aromatic heterocycles. The van der Waals surface area contributed by atoms with E-state index in [2.05, 4.69) is 27.0 Å². The van der Waals surface area contributed by atoms with E-state index in [9.17, 15) is 4.79 Å². The van der Waals surface area contributed by atoms with Crippen LogP contribution in [0.4, 0.5) is 5.69 Å². The molecule has 2 aromatic carbocycles. The number of carbonyl (C=O) groups excluding carboxylic acids is 1. The van der Waals surface area contributed by atoms with Crippen molar-refractivity contribution < 1.29 is 9.53 Å². The molecule has 1 amide bonds. The lowest BCUT2D eigenvalue weighted by atomic mass is 10.1. The monoisotopic (exact) mass is 424 g/mol. The molecule has 0 saturated carbocycles. The van der Waals surface area contributed by atoms with Gasteiger partial charge in [0.1, 0.15) is 5.75 Å². The van der Waals surface area contributed by atoms with E-state index in [1.807, 2.05) is 56.3 Å². The lowest BCUT2D eigenvalue weighted by Gasteiger charge is -2.12. The average Bonchev–Trinajstić information content (AvgIpc) is 3.16. The van der Waals surface area contributed by atoms with E-state index in [0.717, 1.165) is 58.5 Å². The number of para-hydroxylation sites is 1. The highest BCUT2D eigenvalue weighted by Gasteiger charge is 2.16. The van der Waals surface area contributed by atoms with Crippen LogP contribution in [0.1, 0.15) is 30.9 Å². The minimum Gasteiger partial charge on any atom is -0.497 e. The number of hydrogen-bond donors (Lipinski definition) is 1. The molecule has 1 heterocycles. The van der Waals surface area contributed by atoms with Gasteiger partial charge in [-0.15, -0.1) is 10.2 Å². The van der Waals surface area contributed by atoms with E-state index in [0.29, 0.717) is 0 Å². The molecular weight excluding hydrogens is 396 g/mol. The van der Waals surface area contributed by atoms with Gasteiger partial charge in [0, 0.05) is 17.8 Å². The Morgan fingerprint density at radius 3 is 2.43 bits per heavy atom. The van der Waals surface area contributed by atoms with Gasteiger partial charge in [-0.1, -0.05) is 43.3 Å². The van der Waals surface area contributed by atoms with Crippen LogP contribution in [0.15, 0.2) is 47.6 Å². The van der Waals surface area contributed by atoms with Gasteiger partial charge in [-0.25, -0.2) is 0 Å². The quantitative estimate of drug-likeness (QED) is 0.484. The number of carbonyl (C=O) groups is 1. The molecule has 0 unspecified atom stereocenters. The summed E-state index contributed by atoms with van der Waals surface area (Å²) in [6.07, 6.45) is 2.08. The van der Waals surface area contributed by atoms with Crippen LogP contribution < -0.4 is 10.1 Å². The summed E-state index contributed by atoms with van der Waals surface area (Å²) in [5, 5.41) is 12.6. The molecule has 0 saturated heterocycles. The highest BCUT2D eigenvalue weighted by atomic mass is 32.2. The average molecular weight is 425 g/mol. The van der Waals surface area contributed by atoms with Gasteiger partial charge in [-0.3, -0.25) is 4.79 Å². The van der Waals surface area contributed by atoms with Crippen molar-refractivity contribution in [3.05, 3.63) is 53.6 Å². The molecule has 30 heavy (non-hydrogen) atoms. The third kappa shape index (κ3) is 5.21. The number of unbranched alkanes of at least 4 members (excludes halogenated alkanes) is 1. The van der Waals surface area contributed by atoms with Crippen molar-refractivity contribution in [3.63, 3.8) is 0 Å². The van der Waals surface area contributed by atoms with E-state index in [4.69, 9.17) is 4.74 Å². The van der Waals surface area contributed by atoms with Gasteiger partial charge in [-0.2, -0.15) is 0 Å². The summed E-state index contributed by atoms with van der Waals surface area (Å²) in [6, 6.07) is 13.8. The fraction of sp³-hybridized carbons (Fsp3) is 0.348. The summed E-state index contributed by atoms with van der Waals surface area (Å²) >= 11 is 1.41. The Labute approximate surface area is 182 Å². The smallest absolute Gasteiger partial charge is 0.234 e. The SMILES string of the molecule is CCCCn1c(SCC(=O)Nc2c(C)cccc2C)nnc1-c1ccc(OC)cc1. The molecule has 0 spiro atoms. The van der Waals surface area contributed by atoms with Gasteiger partial charge >= 0.3 is 0 Å². The maximum Gasteiger partial charge on any atom is 0.234 e. The minimum atomic E-state index is -0.0477. The van der Waals surface area contributed by atoms with Crippen molar-refractivity contribution in [2.75, 3.05) is 18.2 Å². The molecule has 6 nitrogen and oxygen atoms in total. The summed E-state index contributed by atoms with van der Waals surface area (Å²) in [5.41, 5.74) is 3.98. The molecule has 1 N–H and O–H groups in total. The van der Waals surface area contributed by atoms with Crippen LogP contribution in [-0.2, 0) is 11.3 Å². The first-order chi connectivity index (χ1) is 14.5. The second kappa shape index (κ2) is 10.3. The third-order valence-electron chi connectivity index (χ3n) is 4.88. The number of anilines is 1. The summed E-state index contributed by atoms with van der Waals surface area (Å²) in [6.45, 7) is 6.96. The Kier molecular flexibility index (Phi) is 7.52. The number of ether oxygens (including phenoxy) is 1. The van der Waals surface area contributed by atoms with E-state index >= 15 is 0 Å². The Morgan fingerprint density at radius 1 is 1.10 bits per heavy atom. The lowest BCUT2D eigenvalue weighted by Crippen LogP contribution is -2.16. The van der Waals surface area contributed by atoms with Crippen LogP contribution in [0.5, 0.6) is 5.75 Å². The van der Waals surface area contributed by atoms with E-state index in [-0.39, 0.29) is 11.7 Å². The predicted molar refractivity (Wildman–Crippen MR) is 122 cm³/mol. The van der Waals surface area contributed by atoms with Crippen molar-refractivity contribution >= 4 is 23.4 Å². The van der Waals surface area contributed by atoms with Crippen LogP contribution in [0, 0.1) is 13.8 Å². The fourth-order valence-electron chi connectivity index (χ4n) is 3.18. The third-order valence-corrected chi connectivity index (χ3v) is 5.85. The molecule has 0 aliphatic heterocycles. The molecule has 3 aromatic rings. The molecule has 0 aliphatic carbocycles. The van der Waals surface area contributed by atoms with E-state index in [1.54, 1.807) is 7.11 Å². The topological polar surface area (TPSA) is 69.0 Å². The van der Waals surface area contributed by atoms with Crippen LogP contribution in [0.2, 0.25) is 0 Å². The number of benzene rings is 2. The highest BCUT2D eigenvalue weighted by molar-refractivity contribution is 7.99. The van der Waals surface area contributed by atoms with Gasteiger partial charge in [0.25, 0.3) is 0 Å². The van der Waals surface area contributed by atoms with Crippen molar-refractivity contribution in [1.29, 1.82) is 0 Å². The molecule has 7 heteroatoms. The molecule has 0 radical (unpaired) electrons. The Balaban J connectivity index is 1.74. The molecule has 3 rings (SSSR count). The number of thioether (sulfide) groups is 1. The van der Waals surface area contributed by atoms with Gasteiger partial charge in [0.15, 0.2) is 11.0 Å². The number of nitrogens with zero attached hydrogens (tertiary/aromatic N) is 3. The lowest BCUT2D eigenvalue weighted by molar-refractivity contribution is -0.113. The molecule has 0 bridgehead atoms. The normalized spacial score (nSPS) is 10.8. The van der Waals surface area contributed by atoms with Crippen molar-refractivity contribution in [1.82, 2.24) is 14.8 Å². The first kappa shape index (κ1) is 21.9. The summed E-state index contributed by atoms with van der Waals surface area (Å²) in [4.78, 5) is 12.6. The maximum atomic E-state index is 12.6. The zero-order valence-electron chi connectivity index (χ0n) is 17.9. The predicted octanol–water partition coefficient (Wildman–Crippen LogP) is 5.10. The largest absolute Gasteiger partial charge is 0.497 e. The summed E-state index contributed by atoms with van der Waals surface area (Å²) in [7, 11) is 1.65. The number of methoxy groups -OCH3 is 1. The van der Waals surface area contributed by atoms with Crippen LogP contribution in [0.25, 0.3) is 11.4 Å². The van der Waals surface area contributed by atoms with E-state index < -0.39 is 0 Å². The first-order valence-corrected chi connectivity index (χ1v) is 11.1. The van der Waals surface area contributed by atoms with Crippen LogP contribution in [0.3, 0.4) is 0 Å². The molecule has 0 fully saturated rings. The Morgan fingerprint density at radius 2 is 1.80 bits per heavy atom. The Hall–Kier alpha value is -2.80. The van der Waals surface area contributed by atoms with Crippen molar-refractivity contribution in [3.8, 4) is 17.1 Å². The minimum absolute atomic E-state index is 0.0477. The number of amides is 1. The zero-order chi connectivity index (χ0) is 21.5. The van der Waals surface area contributed by atoms with Gasteiger partial charge < -0.3 is 14.6 Å². The fourth-order valence-corrected chi connectivity index (χ4v) is 3.95. The van der Waals surface area contributed by atoms with Crippen molar-refractivity contribution in [2.45, 2.75) is 45.3 Å². The summed E-state index contributed by atoms with van der Waals surface area (Å²) < 4.78 is 7.34. The van der Waals surface area contributed by atoms with Gasteiger partial charge in [-0.05, 0) is 55.7 Å². The number of aromatic nitrogens is 3.